The van der Waals surface area contributed by atoms with Crippen molar-refractivity contribution in [1.29, 1.82) is 0 Å². The maximum Gasteiger partial charge on any atom is 0.418 e. The molecule has 0 aliphatic carbocycles. The Labute approximate surface area is 362 Å². The number of carbonyl (C=O) groups excluding carboxylic acids is 6. The summed E-state index contributed by atoms with van der Waals surface area (Å²) in [4.78, 5) is 88.1. The van der Waals surface area contributed by atoms with Gasteiger partial charge in [0.15, 0.2) is 6.10 Å². The first-order valence-electron chi connectivity index (χ1n) is 21.2. The Bertz CT molecular complexity index is 2020. The van der Waals surface area contributed by atoms with Gasteiger partial charge in [-0.25, -0.2) is 14.4 Å². The van der Waals surface area contributed by atoms with E-state index in [0.717, 1.165) is 23.7 Å². The van der Waals surface area contributed by atoms with Crippen molar-refractivity contribution in [1.82, 2.24) is 29.4 Å². The number of benzene rings is 2. The van der Waals surface area contributed by atoms with Crippen LogP contribution in [-0.2, 0) is 47.7 Å². The number of nitrogens with two attached hydrogens (primary N) is 1. The molecule has 16 nitrogen and oxygen atoms in total. The molecule has 5 aliphatic heterocycles. The van der Waals surface area contributed by atoms with E-state index in [1.54, 1.807) is 14.7 Å². The van der Waals surface area contributed by atoms with Crippen LogP contribution in [-0.4, -0.2) is 162 Å². The number of nitrogens with one attached hydrogen (secondary N) is 1. The highest BCUT2D eigenvalue weighted by Crippen LogP contribution is 2.38. The van der Waals surface area contributed by atoms with Crippen LogP contribution in [0.2, 0.25) is 5.02 Å². The number of carbonyl (C=O) groups is 6. The van der Waals surface area contributed by atoms with E-state index in [2.05, 4.69) is 10.2 Å². The van der Waals surface area contributed by atoms with Gasteiger partial charge in [-0.1, -0.05) is 29.8 Å². The Balaban J connectivity index is 0.937. The van der Waals surface area contributed by atoms with Gasteiger partial charge in [0.25, 0.3) is 5.91 Å². The third kappa shape index (κ3) is 10.5. The first-order chi connectivity index (χ1) is 29.7. The Morgan fingerprint density at radius 1 is 0.839 bits per heavy atom. The largest absolute Gasteiger partial charge is 0.457 e. The zero-order valence-corrected chi connectivity index (χ0v) is 35.1. The second-order valence-electron chi connectivity index (χ2n) is 16.4. The van der Waals surface area contributed by atoms with E-state index in [9.17, 15) is 41.9 Å². The number of anilines is 2. The first kappa shape index (κ1) is 44.7. The van der Waals surface area contributed by atoms with Gasteiger partial charge in [-0.05, 0) is 67.9 Å². The van der Waals surface area contributed by atoms with Gasteiger partial charge in [-0.15, -0.1) is 0 Å². The van der Waals surface area contributed by atoms with E-state index in [1.165, 1.54) is 15.9 Å². The summed E-state index contributed by atoms with van der Waals surface area (Å²) in [5.74, 6) is -2.24. The molecule has 0 unspecified atom stereocenters. The smallest absolute Gasteiger partial charge is 0.418 e. The molecular weight excluding hydrogens is 837 g/mol. The van der Waals surface area contributed by atoms with Crippen LogP contribution in [0.1, 0.15) is 55.2 Å². The molecule has 0 spiro atoms. The fourth-order valence-electron chi connectivity index (χ4n) is 9.04. The number of rotatable bonds is 9. The number of hydrogen-bond donors (Lipinski definition) is 2. The number of hydrogen-bond acceptors (Lipinski definition) is 10. The van der Waals surface area contributed by atoms with Gasteiger partial charge in [0, 0.05) is 96.1 Å². The van der Waals surface area contributed by atoms with Crippen molar-refractivity contribution >= 4 is 58.8 Å². The van der Waals surface area contributed by atoms with Crippen LogP contribution in [0, 0.1) is 0 Å². The standard InChI is InChI=1S/C42H52ClF3N8O8/c43-32-25-27(24-31(36(32)47)42(44,45)46)26-34(62-41(60)53-15-10-30(11-16-53)54-17-7-28-4-1-2-5-33(28)48-40(54)59)37(56)51-13-8-29(9-14-51)49-18-20-52(21-19-49)38(57)39(58)61-23-22-50-12-3-6-35(50)55/h1-2,4-5,24-25,29-30,34H,3,6-23,26,47H2,(H,48,59)/t34-/m1/s1. The average molecular weight is 889 g/mol. The number of piperazine rings is 1. The molecule has 2 aromatic rings. The normalized spacial score (nSPS) is 20.1. The van der Waals surface area contributed by atoms with Gasteiger partial charge in [-0.2, -0.15) is 13.2 Å². The molecule has 3 N–H and O–H groups in total. The number of nitrogens with zero attached hydrogens (tertiary/aromatic N) is 6. The molecule has 5 heterocycles. The predicted octanol–water partition coefficient (Wildman–Crippen LogP) is 3.84. The topological polar surface area (TPSA) is 178 Å². The first-order valence-corrected chi connectivity index (χ1v) is 21.6. The van der Waals surface area contributed by atoms with Gasteiger partial charge >= 0.3 is 30.2 Å². The lowest BCUT2D eigenvalue weighted by atomic mass is 9.99. The molecule has 20 heteroatoms. The lowest BCUT2D eigenvalue weighted by molar-refractivity contribution is -0.161. The zero-order valence-electron chi connectivity index (χ0n) is 34.4. The van der Waals surface area contributed by atoms with Crippen molar-refractivity contribution in [2.45, 2.75) is 75.7 Å². The van der Waals surface area contributed by atoms with E-state index < -0.39 is 47.4 Å². The molecular formula is C42H52ClF3N8O8. The van der Waals surface area contributed by atoms with Crippen molar-refractivity contribution in [3.05, 3.63) is 58.1 Å². The Morgan fingerprint density at radius 3 is 2.19 bits per heavy atom. The van der Waals surface area contributed by atoms with E-state index >= 15 is 0 Å². The van der Waals surface area contributed by atoms with Gasteiger partial charge in [-0.3, -0.25) is 19.3 Å². The van der Waals surface area contributed by atoms with E-state index in [-0.39, 0.29) is 80.4 Å². The number of esters is 1. The number of piperidine rings is 2. The molecule has 0 radical (unpaired) electrons. The van der Waals surface area contributed by atoms with Crippen LogP contribution in [0.3, 0.4) is 0 Å². The molecule has 62 heavy (non-hydrogen) atoms. The molecule has 2 aromatic carbocycles. The van der Waals surface area contributed by atoms with Crippen molar-refractivity contribution in [2.75, 3.05) is 89.6 Å². The van der Waals surface area contributed by atoms with Crippen molar-refractivity contribution in [3.63, 3.8) is 0 Å². The summed E-state index contributed by atoms with van der Waals surface area (Å²) in [5, 5.41) is 2.63. The summed E-state index contributed by atoms with van der Waals surface area (Å²) in [5.41, 5.74) is 5.69. The molecule has 0 saturated carbocycles. The SMILES string of the molecule is Nc1c(Cl)cc(C[C@@H](OC(=O)N2CCC(N3CCc4ccccc4NC3=O)CC2)C(=O)N2CCC(N3CCN(C(=O)C(=O)OCCN4CCCC4=O)CC3)CC2)cc1C(F)(F)F. The molecule has 5 aliphatic rings. The van der Waals surface area contributed by atoms with E-state index in [1.807, 2.05) is 24.3 Å². The quantitative estimate of drug-likeness (QED) is 0.214. The van der Waals surface area contributed by atoms with Crippen LogP contribution >= 0.6 is 11.6 Å². The fraction of sp³-hybridized carbons (Fsp3) is 0.571. The van der Waals surface area contributed by atoms with Crippen LogP contribution < -0.4 is 11.1 Å². The minimum absolute atomic E-state index is 0.00457. The Kier molecular flexibility index (Phi) is 14.0. The lowest BCUT2D eigenvalue weighted by Crippen LogP contribution is -2.56. The van der Waals surface area contributed by atoms with Gasteiger partial charge in [0.1, 0.15) is 6.61 Å². The van der Waals surface area contributed by atoms with Crippen molar-refractivity contribution in [3.8, 4) is 0 Å². The Hall–Kier alpha value is -5.30. The molecule has 0 aromatic heterocycles. The maximum absolute atomic E-state index is 14.2. The predicted molar refractivity (Wildman–Crippen MR) is 220 cm³/mol. The molecule has 1 atom stereocenters. The number of halogens is 4. The highest BCUT2D eigenvalue weighted by atomic mass is 35.5. The average Bonchev–Trinajstić information content (AvgIpc) is 3.59. The maximum atomic E-state index is 14.2. The number of amides is 6. The fourth-order valence-corrected chi connectivity index (χ4v) is 9.28. The number of para-hydroxylation sites is 1. The second kappa shape index (κ2) is 19.4. The summed E-state index contributed by atoms with van der Waals surface area (Å²) in [6, 6.07) is 9.36. The van der Waals surface area contributed by atoms with Crippen molar-refractivity contribution < 1.29 is 51.4 Å². The number of fused-ring (bicyclic) bond motifs is 1. The Morgan fingerprint density at radius 2 is 1.52 bits per heavy atom. The summed E-state index contributed by atoms with van der Waals surface area (Å²) < 4.78 is 52.8. The van der Waals surface area contributed by atoms with E-state index in [4.69, 9.17) is 26.8 Å². The lowest BCUT2D eigenvalue weighted by Gasteiger charge is -2.43. The minimum atomic E-state index is -4.82. The molecule has 0 bridgehead atoms. The summed E-state index contributed by atoms with van der Waals surface area (Å²) in [7, 11) is 0. The second-order valence-corrected chi connectivity index (χ2v) is 16.8. The summed E-state index contributed by atoms with van der Waals surface area (Å²) in [6.45, 7) is 3.94. The van der Waals surface area contributed by atoms with Crippen LogP contribution in [0.5, 0.6) is 0 Å². The third-order valence-corrected chi connectivity index (χ3v) is 12.9. The highest BCUT2D eigenvalue weighted by Gasteiger charge is 2.39. The van der Waals surface area contributed by atoms with Crippen LogP contribution in [0.4, 0.5) is 34.1 Å². The number of urea groups is 1. The third-order valence-electron chi connectivity index (χ3n) is 12.6. The molecule has 336 valence electrons. The number of likely N-dealkylation sites (tertiary alicyclic amines) is 3. The molecule has 7 rings (SSSR count). The summed E-state index contributed by atoms with van der Waals surface area (Å²) in [6.07, 6.45) is -3.55. The number of ether oxygens (including phenoxy) is 2. The monoisotopic (exact) mass is 888 g/mol. The molecule has 4 saturated heterocycles. The number of nitrogen functional groups attached to an aromatic ring is 1. The van der Waals surface area contributed by atoms with Crippen molar-refractivity contribution in [2.24, 2.45) is 0 Å². The van der Waals surface area contributed by atoms with Crippen LogP contribution in [0.15, 0.2) is 36.4 Å². The number of alkyl halides is 3. The van der Waals surface area contributed by atoms with Gasteiger partial charge < -0.3 is 45.0 Å². The van der Waals surface area contributed by atoms with Gasteiger partial charge in [0.05, 0.1) is 22.8 Å². The minimum Gasteiger partial charge on any atom is -0.457 e. The molecule has 4 fully saturated rings. The van der Waals surface area contributed by atoms with E-state index in [0.29, 0.717) is 77.8 Å². The zero-order chi connectivity index (χ0) is 44.1. The summed E-state index contributed by atoms with van der Waals surface area (Å²) >= 11 is 6.14. The molecule has 6 amide bonds. The van der Waals surface area contributed by atoms with Crippen LogP contribution in [0.25, 0.3) is 0 Å². The highest BCUT2D eigenvalue weighted by molar-refractivity contribution is 6.33. The van der Waals surface area contributed by atoms with Gasteiger partial charge in [0.2, 0.25) is 5.91 Å².